The maximum absolute atomic E-state index is 9.27. The van der Waals surface area contributed by atoms with Crippen molar-refractivity contribution in [2.75, 3.05) is 18.5 Å². The fourth-order valence-corrected chi connectivity index (χ4v) is 2.44. The number of imidazole rings is 1. The second-order valence-electron chi connectivity index (χ2n) is 4.95. The molecule has 0 saturated heterocycles. The Balaban J connectivity index is 1.74. The topological polar surface area (TPSA) is 52.1 Å². The van der Waals surface area contributed by atoms with Crippen LogP contribution in [-0.2, 0) is 0 Å². The third-order valence-electron chi connectivity index (χ3n) is 3.48. The van der Waals surface area contributed by atoms with Gasteiger partial charge in [-0.3, -0.25) is 0 Å². The summed E-state index contributed by atoms with van der Waals surface area (Å²) in [6.45, 7) is 0.955. The first-order valence-electron chi connectivity index (χ1n) is 6.06. The molecule has 17 heavy (non-hydrogen) atoms. The normalized spacial score (nSPS) is 23.6. The third kappa shape index (κ3) is 2.00. The van der Waals surface area contributed by atoms with Gasteiger partial charge in [0, 0.05) is 13.6 Å². The van der Waals surface area contributed by atoms with Crippen LogP contribution in [0, 0.1) is 5.92 Å². The van der Waals surface area contributed by atoms with Crippen molar-refractivity contribution in [3.05, 3.63) is 24.3 Å². The maximum Gasteiger partial charge on any atom is 0.203 e. The number of nitrogens with zero attached hydrogens (tertiary/aromatic N) is 2. The van der Waals surface area contributed by atoms with Crippen molar-refractivity contribution in [2.45, 2.75) is 18.9 Å². The van der Waals surface area contributed by atoms with Crippen molar-refractivity contribution in [1.82, 2.24) is 9.97 Å². The van der Waals surface area contributed by atoms with Gasteiger partial charge in [-0.2, -0.15) is 0 Å². The lowest BCUT2D eigenvalue weighted by Crippen LogP contribution is -2.37. The van der Waals surface area contributed by atoms with E-state index in [0.717, 1.165) is 36.4 Å². The number of aliphatic hydroxyl groups excluding tert-OH is 1. The van der Waals surface area contributed by atoms with E-state index in [1.54, 1.807) is 0 Å². The Kier molecular flexibility index (Phi) is 2.52. The monoisotopic (exact) mass is 231 g/mol. The number of benzene rings is 1. The van der Waals surface area contributed by atoms with Crippen LogP contribution >= 0.6 is 0 Å². The molecule has 3 rings (SSSR count). The number of aliphatic hydroxyl groups is 1. The van der Waals surface area contributed by atoms with Crippen LogP contribution in [-0.4, -0.2) is 34.8 Å². The highest BCUT2D eigenvalue weighted by Gasteiger charge is 2.28. The molecule has 0 amide bonds. The summed E-state index contributed by atoms with van der Waals surface area (Å²) in [5.74, 6) is 1.51. The molecule has 0 atom stereocenters. The fraction of sp³-hybridized carbons (Fsp3) is 0.462. The van der Waals surface area contributed by atoms with E-state index in [9.17, 15) is 5.11 Å². The summed E-state index contributed by atoms with van der Waals surface area (Å²) in [5, 5.41) is 9.27. The standard InChI is InChI=1S/C13H17N3O/c1-16(8-9-6-10(17)7-9)13-14-11-4-2-3-5-12(11)15-13/h2-5,9-10,17H,6-8H2,1H3,(H,14,15). The first-order valence-corrected chi connectivity index (χ1v) is 6.06. The molecular formula is C13H17N3O. The van der Waals surface area contributed by atoms with Crippen molar-refractivity contribution < 1.29 is 5.11 Å². The molecule has 0 aliphatic heterocycles. The largest absolute Gasteiger partial charge is 0.393 e. The summed E-state index contributed by atoms with van der Waals surface area (Å²) < 4.78 is 0. The van der Waals surface area contributed by atoms with Crippen LogP contribution in [0.5, 0.6) is 0 Å². The minimum absolute atomic E-state index is 0.0796. The highest BCUT2D eigenvalue weighted by atomic mass is 16.3. The number of anilines is 1. The van der Waals surface area contributed by atoms with Crippen LogP contribution in [0.3, 0.4) is 0 Å². The van der Waals surface area contributed by atoms with E-state index in [-0.39, 0.29) is 6.10 Å². The molecular weight excluding hydrogens is 214 g/mol. The van der Waals surface area contributed by atoms with Crippen molar-refractivity contribution >= 4 is 17.0 Å². The van der Waals surface area contributed by atoms with Crippen LogP contribution < -0.4 is 4.90 Å². The van der Waals surface area contributed by atoms with E-state index in [1.807, 2.05) is 31.3 Å². The maximum atomic E-state index is 9.27. The summed E-state index contributed by atoms with van der Waals surface area (Å²) in [4.78, 5) is 10.00. The average molecular weight is 231 g/mol. The van der Waals surface area contributed by atoms with Gasteiger partial charge in [0.15, 0.2) is 0 Å². The lowest BCUT2D eigenvalue weighted by molar-refractivity contribution is 0.0464. The highest BCUT2D eigenvalue weighted by Crippen LogP contribution is 2.28. The van der Waals surface area contributed by atoms with E-state index >= 15 is 0 Å². The molecule has 1 fully saturated rings. The van der Waals surface area contributed by atoms with Gasteiger partial charge in [-0.25, -0.2) is 4.98 Å². The Labute approximate surface area is 100 Å². The Morgan fingerprint density at radius 1 is 1.41 bits per heavy atom. The quantitative estimate of drug-likeness (QED) is 0.846. The SMILES string of the molecule is CN(CC1CC(O)C1)c1nc2ccccc2[nH]1. The average Bonchev–Trinajstić information content (AvgIpc) is 2.70. The number of aromatic nitrogens is 2. The first kappa shape index (κ1) is 10.6. The number of hydrogen-bond donors (Lipinski definition) is 2. The van der Waals surface area contributed by atoms with Gasteiger partial charge in [0.25, 0.3) is 0 Å². The van der Waals surface area contributed by atoms with Gasteiger partial charge in [0.1, 0.15) is 0 Å². The summed E-state index contributed by atoms with van der Waals surface area (Å²) >= 11 is 0. The van der Waals surface area contributed by atoms with E-state index in [4.69, 9.17) is 0 Å². The predicted octanol–water partition coefficient (Wildman–Crippen LogP) is 1.77. The smallest absolute Gasteiger partial charge is 0.203 e. The molecule has 1 aliphatic carbocycles. The first-order chi connectivity index (χ1) is 8.22. The van der Waals surface area contributed by atoms with Crippen LogP contribution in [0.1, 0.15) is 12.8 Å². The van der Waals surface area contributed by atoms with E-state index in [1.165, 1.54) is 0 Å². The Bertz CT molecular complexity index is 483. The lowest BCUT2D eigenvalue weighted by Gasteiger charge is -2.34. The fourth-order valence-electron chi connectivity index (χ4n) is 2.44. The van der Waals surface area contributed by atoms with Gasteiger partial charge in [0.2, 0.25) is 5.95 Å². The van der Waals surface area contributed by atoms with Gasteiger partial charge >= 0.3 is 0 Å². The number of para-hydroxylation sites is 2. The molecule has 2 aromatic rings. The summed E-state index contributed by atoms with van der Waals surface area (Å²) in [7, 11) is 2.04. The van der Waals surface area contributed by atoms with Crippen molar-refractivity contribution in [3.8, 4) is 0 Å². The van der Waals surface area contributed by atoms with Gasteiger partial charge in [0.05, 0.1) is 17.1 Å². The molecule has 0 bridgehead atoms. The molecule has 0 unspecified atom stereocenters. The predicted molar refractivity (Wildman–Crippen MR) is 68.1 cm³/mol. The Morgan fingerprint density at radius 2 is 2.18 bits per heavy atom. The van der Waals surface area contributed by atoms with Crippen molar-refractivity contribution in [1.29, 1.82) is 0 Å². The minimum atomic E-state index is -0.0796. The molecule has 1 aliphatic rings. The summed E-state index contributed by atoms with van der Waals surface area (Å²) in [6.07, 6.45) is 1.76. The molecule has 0 radical (unpaired) electrons. The Hall–Kier alpha value is -1.55. The molecule has 4 heteroatoms. The van der Waals surface area contributed by atoms with Crippen molar-refractivity contribution in [3.63, 3.8) is 0 Å². The number of fused-ring (bicyclic) bond motifs is 1. The third-order valence-corrected chi connectivity index (χ3v) is 3.48. The zero-order valence-corrected chi connectivity index (χ0v) is 9.93. The van der Waals surface area contributed by atoms with Crippen molar-refractivity contribution in [2.24, 2.45) is 5.92 Å². The van der Waals surface area contributed by atoms with Crippen LogP contribution in [0.4, 0.5) is 5.95 Å². The Morgan fingerprint density at radius 3 is 2.88 bits per heavy atom. The zero-order valence-electron chi connectivity index (χ0n) is 9.93. The van der Waals surface area contributed by atoms with E-state index in [2.05, 4.69) is 14.9 Å². The molecule has 1 aromatic heterocycles. The van der Waals surface area contributed by atoms with E-state index in [0.29, 0.717) is 5.92 Å². The molecule has 2 N–H and O–H groups in total. The van der Waals surface area contributed by atoms with Crippen LogP contribution in [0.15, 0.2) is 24.3 Å². The number of hydrogen-bond acceptors (Lipinski definition) is 3. The molecule has 90 valence electrons. The van der Waals surface area contributed by atoms with Gasteiger partial charge in [-0.15, -0.1) is 0 Å². The summed E-state index contributed by atoms with van der Waals surface area (Å²) in [5.41, 5.74) is 2.07. The molecule has 1 saturated carbocycles. The highest BCUT2D eigenvalue weighted by molar-refractivity contribution is 5.77. The number of nitrogens with one attached hydrogen (secondary N) is 1. The van der Waals surface area contributed by atoms with Gasteiger partial charge in [-0.1, -0.05) is 12.1 Å². The zero-order chi connectivity index (χ0) is 11.8. The van der Waals surface area contributed by atoms with Crippen LogP contribution in [0.2, 0.25) is 0 Å². The second kappa shape index (κ2) is 4.04. The van der Waals surface area contributed by atoms with Gasteiger partial charge < -0.3 is 15.0 Å². The molecule has 1 aromatic carbocycles. The molecule has 0 spiro atoms. The number of H-pyrrole nitrogens is 1. The minimum Gasteiger partial charge on any atom is -0.393 e. The van der Waals surface area contributed by atoms with E-state index < -0.39 is 0 Å². The number of aromatic amines is 1. The second-order valence-corrected chi connectivity index (χ2v) is 4.95. The number of rotatable bonds is 3. The molecule has 4 nitrogen and oxygen atoms in total. The van der Waals surface area contributed by atoms with Gasteiger partial charge in [-0.05, 0) is 30.9 Å². The summed E-state index contributed by atoms with van der Waals surface area (Å²) in [6, 6.07) is 8.05. The van der Waals surface area contributed by atoms with Crippen LogP contribution in [0.25, 0.3) is 11.0 Å². The lowest BCUT2D eigenvalue weighted by atomic mass is 9.82. The molecule has 1 heterocycles.